The summed E-state index contributed by atoms with van der Waals surface area (Å²) in [5.74, 6) is 0.763. The Kier molecular flexibility index (Phi) is 3.63. The molecule has 1 aliphatic heterocycles. The zero-order chi connectivity index (χ0) is 14.7. The third kappa shape index (κ3) is 2.91. The number of hydrogen-bond donors (Lipinski definition) is 1. The van der Waals surface area contributed by atoms with Gasteiger partial charge in [-0.25, -0.2) is 4.98 Å². The number of H-pyrrole nitrogens is 1. The van der Waals surface area contributed by atoms with Crippen LogP contribution in [0.15, 0.2) is 41.7 Å². The van der Waals surface area contributed by atoms with Crippen LogP contribution in [0.5, 0.6) is 0 Å². The molecule has 0 saturated carbocycles. The van der Waals surface area contributed by atoms with Gasteiger partial charge in [0.2, 0.25) is 5.56 Å². The first-order valence-corrected chi connectivity index (χ1v) is 6.73. The van der Waals surface area contributed by atoms with E-state index in [1.807, 2.05) is 0 Å². The summed E-state index contributed by atoms with van der Waals surface area (Å²) in [4.78, 5) is 38.0. The van der Waals surface area contributed by atoms with E-state index in [1.165, 1.54) is 12.3 Å². The van der Waals surface area contributed by atoms with Gasteiger partial charge in [0.05, 0.1) is 11.8 Å². The first-order valence-electron chi connectivity index (χ1n) is 6.73. The minimum Gasteiger partial charge on any atom is -0.352 e. The lowest BCUT2D eigenvalue weighted by Gasteiger charge is -2.35. The van der Waals surface area contributed by atoms with Crippen molar-refractivity contribution in [3.8, 4) is 0 Å². The molecule has 21 heavy (non-hydrogen) atoms. The highest BCUT2D eigenvalue weighted by Gasteiger charge is 2.22. The fourth-order valence-electron chi connectivity index (χ4n) is 2.32. The van der Waals surface area contributed by atoms with Crippen LogP contribution in [0.3, 0.4) is 0 Å². The Morgan fingerprint density at radius 3 is 2.57 bits per heavy atom. The Balaban J connectivity index is 1.64. The molecule has 0 radical (unpaired) electrons. The molecule has 0 atom stereocenters. The lowest BCUT2D eigenvalue weighted by molar-refractivity contribution is 0.0746. The summed E-state index contributed by atoms with van der Waals surface area (Å²) in [6.45, 7) is 2.67. The van der Waals surface area contributed by atoms with E-state index in [9.17, 15) is 9.59 Å². The number of rotatable bonds is 2. The van der Waals surface area contributed by atoms with Crippen LogP contribution in [0.25, 0.3) is 0 Å². The third-order valence-corrected chi connectivity index (χ3v) is 3.47. The first kappa shape index (κ1) is 13.3. The summed E-state index contributed by atoms with van der Waals surface area (Å²) in [6.07, 6.45) is 6.48. The molecule has 7 nitrogen and oxygen atoms in total. The van der Waals surface area contributed by atoms with Gasteiger partial charge in [0, 0.05) is 50.8 Å². The number of carbonyl (C=O) groups is 1. The number of aromatic nitrogens is 3. The Bertz CT molecular complexity index is 657. The summed E-state index contributed by atoms with van der Waals surface area (Å²) in [5.41, 5.74) is 0.293. The molecule has 0 aliphatic carbocycles. The molecule has 1 aliphatic rings. The Morgan fingerprint density at radius 1 is 1.14 bits per heavy atom. The van der Waals surface area contributed by atoms with Gasteiger partial charge in [0.25, 0.3) is 5.91 Å². The molecule has 2 aromatic rings. The number of aromatic amines is 1. The van der Waals surface area contributed by atoms with Gasteiger partial charge in [-0.2, -0.15) is 0 Å². The summed E-state index contributed by atoms with van der Waals surface area (Å²) < 4.78 is 0. The van der Waals surface area contributed by atoms with Crippen LogP contribution in [0.1, 0.15) is 10.4 Å². The Hall–Kier alpha value is -2.70. The normalized spacial score (nSPS) is 15.0. The Labute approximate surface area is 121 Å². The molecule has 3 heterocycles. The predicted molar refractivity (Wildman–Crippen MR) is 77.2 cm³/mol. The molecule has 1 saturated heterocycles. The maximum atomic E-state index is 12.3. The van der Waals surface area contributed by atoms with Gasteiger partial charge in [-0.3, -0.25) is 14.6 Å². The number of amides is 1. The smallest absolute Gasteiger partial charge is 0.255 e. The van der Waals surface area contributed by atoms with Crippen LogP contribution in [-0.4, -0.2) is 51.9 Å². The molecule has 7 heteroatoms. The Morgan fingerprint density at radius 2 is 1.95 bits per heavy atom. The number of anilines is 1. The molecule has 0 unspecified atom stereocenters. The van der Waals surface area contributed by atoms with Crippen LogP contribution in [0.2, 0.25) is 0 Å². The third-order valence-electron chi connectivity index (χ3n) is 3.47. The number of hydrogen-bond acceptors (Lipinski definition) is 5. The zero-order valence-corrected chi connectivity index (χ0v) is 11.4. The van der Waals surface area contributed by atoms with Crippen molar-refractivity contribution in [2.45, 2.75) is 0 Å². The average Bonchev–Trinajstić information content (AvgIpc) is 2.56. The molecule has 1 amide bonds. The number of piperazine rings is 1. The first-order chi connectivity index (χ1) is 10.2. The van der Waals surface area contributed by atoms with Gasteiger partial charge in [-0.05, 0) is 6.07 Å². The second-order valence-corrected chi connectivity index (χ2v) is 4.78. The van der Waals surface area contributed by atoms with Gasteiger partial charge in [-0.15, -0.1) is 0 Å². The summed E-state index contributed by atoms with van der Waals surface area (Å²) in [6, 6.07) is 2.92. The summed E-state index contributed by atoms with van der Waals surface area (Å²) >= 11 is 0. The molecule has 0 bridgehead atoms. The van der Waals surface area contributed by atoms with Crippen molar-refractivity contribution in [1.82, 2.24) is 19.9 Å². The van der Waals surface area contributed by atoms with E-state index in [-0.39, 0.29) is 11.5 Å². The average molecular weight is 285 g/mol. The van der Waals surface area contributed by atoms with Crippen molar-refractivity contribution in [2.75, 3.05) is 31.1 Å². The van der Waals surface area contributed by atoms with Crippen LogP contribution < -0.4 is 10.5 Å². The monoisotopic (exact) mass is 285 g/mol. The highest BCUT2D eigenvalue weighted by atomic mass is 16.2. The zero-order valence-electron chi connectivity index (χ0n) is 11.4. The van der Waals surface area contributed by atoms with Crippen LogP contribution >= 0.6 is 0 Å². The molecule has 1 fully saturated rings. The van der Waals surface area contributed by atoms with Gasteiger partial charge in [0.15, 0.2) is 0 Å². The van der Waals surface area contributed by atoms with Crippen molar-refractivity contribution in [3.63, 3.8) is 0 Å². The van der Waals surface area contributed by atoms with Gasteiger partial charge in [-0.1, -0.05) is 0 Å². The minimum absolute atomic E-state index is 0.0648. The van der Waals surface area contributed by atoms with E-state index in [0.29, 0.717) is 31.7 Å². The van der Waals surface area contributed by atoms with E-state index < -0.39 is 0 Å². The molecule has 1 N–H and O–H groups in total. The molecular formula is C14H15N5O2. The SMILES string of the molecule is O=C(c1ccc(=O)[nH]c1)N1CCN(c2cnccn2)CC1. The van der Waals surface area contributed by atoms with Crippen molar-refractivity contribution in [3.05, 3.63) is 52.8 Å². The number of nitrogens with one attached hydrogen (secondary N) is 1. The van der Waals surface area contributed by atoms with E-state index in [1.54, 1.807) is 29.6 Å². The highest BCUT2D eigenvalue weighted by molar-refractivity contribution is 5.94. The largest absolute Gasteiger partial charge is 0.352 e. The fourth-order valence-corrected chi connectivity index (χ4v) is 2.32. The van der Waals surface area contributed by atoms with E-state index in [2.05, 4.69) is 19.9 Å². The lowest BCUT2D eigenvalue weighted by Crippen LogP contribution is -2.49. The van der Waals surface area contributed by atoms with Gasteiger partial charge >= 0.3 is 0 Å². The van der Waals surface area contributed by atoms with Crippen LogP contribution in [0.4, 0.5) is 5.82 Å². The lowest BCUT2D eigenvalue weighted by atomic mass is 10.2. The second kappa shape index (κ2) is 5.74. The quantitative estimate of drug-likeness (QED) is 0.848. The van der Waals surface area contributed by atoms with Crippen molar-refractivity contribution in [2.24, 2.45) is 0 Å². The highest BCUT2D eigenvalue weighted by Crippen LogP contribution is 2.13. The predicted octanol–water partition coefficient (Wildman–Crippen LogP) is 0.127. The topological polar surface area (TPSA) is 82.2 Å². The van der Waals surface area contributed by atoms with E-state index >= 15 is 0 Å². The number of carbonyl (C=O) groups excluding carboxylic acids is 1. The summed E-state index contributed by atoms with van der Waals surface area (Å²) in [7, 11) is 0. The number of pyridine rings is 1. The molecule has 0 aromatic carbocycles. The minimum atomic E-state index is -0.209. The number of nitrogens with zero attached hydrogens (tertiary/aromatic N) is 4. The standard InChI is InChI=1S/C14H15N5O2/c20-13-2-1-11(9-17-13)14(21)19-7-5-18(6-8-19)12-10-15-3-4-16-12/h1-4,9-10H,5-8H2,(H,17,20). The molecular weight excluding hydrogens is 270 g/mol. The molecule has 2 aromatic heterocycles. The summed E-state index contributed by atoms with van der Waals surface area (Å²) in [5, 5.41) is 0. The van der Waals surface area contributed by atoms with Crippen LogP contribution in [-0.2, 0) is 0 Å². The second-order valence-electron chi connectivity index (χ2n) is 4.78. The van der Waals surface area contributed by atoms with E-state index in [4.69, 9.17) is 0 Å². The van der Waals surface area contributed by atoms with Crippen LogP contribution in [0, 0.1) is 0 Å². The van der Waals surface area contributed by atoms with E-state index in [0.717, 1.165) is 5.82 Å². The van der Waals surface area contributed by atoms with Crippen molar-refractivity contribution >= 4 is 11.7 Å². The van der Waals surface area contributed by atoms with Crippen molar-refractivity contribution in [1.29, 1.82) is 0 Å². The van der Waals surface area contributed by atoms with Gasteiger partial charge in [0.1, 0.15) is 5.82 Å². The maximum Gasteiger partial charge on any atom is 0.255 e. The molecule has 0 spiro atoms. The van der Waals surface area contributed by atoms with Gasteiger partial charge < -0.3 is 14.8 Å². The fraction of sp³-hybridized carbons (Fsp3) is 0.286. The van der Waals surface area contributed by atoms with Crippen molar-refractivity contribution < 1.29 is 4.79 Å². The molecule has 108 valence electrons. The molecule has 3 rings (SSSR count). The maximum absolute atomic E-state index is 12.3.